The first-order chi connectivity index (χ1) is 9.97. The highest BCUT2D eigenvalue weighted by molar-refractivity contribution is 5.08. The van der Waals surface area contributed by atoms with E-state index >= 15 is 0 Å². The number of aliphatic hydroxyl groups excluding tert-OH is 2. The van der Waals surface area contributed by atoms with Crippen molar-refractivity contribution in [3.8, 4) is 0 Å². The van der Waals surface area contributed by atoms with Crippen molar-refractivity contribution in [2.24, 2.45) is 34.5 Å². The van der Waals surface area contributed by atoms with E-state index in [-0.39, 0.29) is 11.5 Å². The Hall–Kier alpha value is -0.0800. The molecule has 0 radical (unpaired) electrons. The Morgan fingerprint density at radius 1 is 1.00 bits per heavy atom. The fraction of sp³-hybridized carbons (Fsp3) is 1.00. The van der Waals surface area contributed by atoms with E-state index in [1.807, 2.05) is 0 Å². The van der Waals surface area contributed by atoms with Crippen molar-refractivity contribution in [2.45, 2.75) is 78.2 Å². The maximum Gasteiger partial charge on any atom is 0.0596 e. The number of aliphatic hydroxyl groups is 2. The molecule has 3 aliphatic carbocycles. The van der Waals surface area contributed by atoms with Gasteiger partial charge in [-0.05, 0) is 79.4 Å². The van der Waals surface area contributed by atoms with E-state index in [1.54, 1.807) is 0 Å². The zero-order valence-corrected chi connectivity index (χ0v) is 14.1. The predicted molar refractivity (Wildman–Crippen MR) is 85.9 cm³/mol. The van der Waals surface area contributed by atoms with Crippen LogP contribution >= 0.6 is 0 Å². The molecule has 0 amide bonds. The van der Waals surface area contributed by atoms with Crippen molar-refractivity contribution >= 4 is 0 Å². The highest BCUT2D eigenvalue weighted by Crippen LogP contribution is 2.64. The molecule has 122 valence electrons. The summed E-state index contributed by atoms with van der Waals surface area (Å²) in [6.45, 7) is 7.55. The summed E-state index contributed by atoms with van der Waals surface area (Å²) in [5.74, 6) is 3.08. The fourth-order valence-electron chi connectivity index (χ4n) is 6.69. The van der Waals surface area contributed by atoms with Gasteiger partial charge in [0.25, 0.3) is 0 Å². The molecule has 7 unspecified atom stereocenters. The first-order valence-electron chi connectivity index (χ1n) is 9.26. The molecule has 0 bridgehead atoms. The molecule has 3 rings (SSSR count). The molecule has 2 nitrogen and oxygen atoms in total. The number of rotatable bonds is 3. The largest absolute Gasteiger partial charge is 0.396 e. The van der Waals surface area contributed by atoms with E-state index in [2.05, 4.69) is 20.8 Å². The summed E-state index contributed by atoms with van der Waals surface area (Å²) < 4.78 is 0. The lowest BCUT2D eigenvalue weighted by Gasteiger charge is -2.58. The fourth-order valence-corrected chi connectivity index (χ4v) is 6.69. The minimum atomic E-state index is -0.0634. The van der Waals surface area contributed by atoms with Gasteiger partial charge >= 0.3 is 0 Å². The summed E-state index contributed by atoms with van der Waals surface area (Å²) in [6.07, 6.45) is 9.54. The Bertz CT molecular complexity index is 382. The summed E-state index contributed by atoms with van der Waals surface area (Å²) in [5.41, 5.74) is 0.597. The molecule has 0 aliphatic heterocycles. The third-order valence-corrected chi connectivity index (χ3v) is 8.25. The molecule has 0 spiro atoms. The molecule has 7 atom stereocenters. The Labute approximate surface area is 130 Å². The first kappa shape index (κ1) is 15.8. The second kappa shape index (κ2) is 5.53. The van der Waals surface area contributed by atoms with Gasteiger partial charge in [0.15, 0.2) is 0 Å². The monoisotopic (exact) mass is 294 g/mol. The first-order valence-corrected chi connectivity index (χ1v) is 9.26. The smallest absolute Gasteiger partial charge is 0.0596 e. The Kier molecular flexibility index (Phi) is 4.16. The maximum absolute atomic E-state index is 10.5. The van der Waals surface area contributed by atoms with Crippen molar-refractivity contribution in [3.63, 3.8) is 0 Å². The van der Waals surface area contributed by atoms with Crippen LogP contribution in [-0.2, 0) is 0 Å². The molecule has 3 fully saturated rings. The van der Waals surface area contributed by atoms with Crippen molar-refractivity contribution in [2.75, 3.05) is 6.61 Å². The Morgan fingerprint density at radius 3 is 2.43 bits per heavy atom. The lowest BCUT2D eigenvalue weighted by Crippen LogP contribution is -2.52. The Morgan fingerprint density at radius 2 is 1.76 bits per heavy atom. The van der Waals surface area contributed by atoms with Crippen LogP contribution in [-0.4, -0.2) is 22.9 Å². The van der Waals surface area contributed by atoms with Gasteiger partial charge in [0.1, 0.15) is 0 Å². The van der Waals surface area contributed by atoms with Gasteiger partial charge in [0.05, 0.1) is 6.10 Å². The predicted octanol–water partition coefficient (Wildman–Crippen LogP) is 4.00. The van der Waals surface area contributed by atoms with Gasteiger partial charge in [-0.2, -0.15) is 0 Å². The van der Waals surface area contributed by atoms with E-state index < -0.39 is 0 Å². The van der Waals surface area contributed by atoms with Gasteiger partial charge in [-0.3, -0.25) is 0 Å². The zero-order valence-electron chi connectivity index (χ0n) is 14.1. The van der Waals surface area contributed by atoms with Crippen LogP contribution in [0.5, 0.6) is 0 Å². The van der Waals surface area contributed by atoms with Crippen molar-refractivity contribution in [1.29, 1.82) is 0 Å². The molecule has 2 heteroatoms. The maximum atomic E-state index is 10.5. The molecule has 2 N–H and O–H groups in total. The van der Waals surface area contributed by atoms with Crippen LogP contribution in [0.2, 0.25) is 0 Å². The molecule has 0 aromatic heterocycles. The summed E-state index contributed by atoms with van der Waals surface area (Å²) >= 11 is 0. The van der Waals surface area contributed by atoms with Gasteiger partial charge in [-0.15, -0.1) is 0 Å². The molecule has 0 aromatic carbocycles. The Balaban J connectivity index is 1.87. The van der Waals surface area contributed by atoms with Crippen molar-refractivity contribution in [1.82, 2.24) is 0 Å². The highest BCUT2D eigenvalue weighted by Gasteiger charge is 2.58. The third-order valence-electron chi connectivity index (χ3n) is 8.25. The van der Waals surface area contributed by atoms with Crippen LogP contribution in [0.1, 0.15) is 72.1 Å². The van der Waals surface area contributed by atoms with Gasteiger partial charge < -0.3 is 10.2 Å². The SMILES string of the molecule is CCC1(C)C(CCO)CCC2C3CCC(O)C3(C)CCC21. The average Bonchev–Trinajstić information content (AvgIpc) is 2.78. The van der Waals surface area contributed by atoms with Gasteiger partial charge in [-0.25, -0.2) is 0 Å². The number of hydrogen-bond acceptors (Lipinski definition) is 2. The molecule has 0 aromatic rings. The van der Waals surface area contributed by atoms with E-state index in [9.17, 15) is 10.2 Å². The van der Waals surface area contributed by atoms with E-state index in [4.69, 9.17) is 0 Å². The molecule has 0 saturated heterocycles. The normalized spacial score (nSPS) is 53.3. The van der Waals surface area contributed by atoms with Crippen LogP contribution in [0.25, 0.3) is 0 Å². The summed E-state index contributed by atoms with van der Waals surface area (Å²) in [7, 11) is 0. The molecular formula is C19H34O2. The van der Waals surface area contributed by atoms with Gasteiger partial charge in [-0.1, -0.05) is 27.2 Å². The van der Waals surface area contributed by atoms with Gasteiger partial charge in [0.2, 0.25) is 0 Å². The van der Waals surface area contributed by atoms with Crippen LogP contribution in [0.3, 0.4) is 0 Å². The molecule has 3 saturated carbocycles. The van der Waals surface area contributed by atoms with E-state index in [1.165, 1.54) is 38.5 Å². The number of hydrogen-bond donors (Lipinski definition) is 2. The third kappa shape index (κ3) is 2.20. The molecule has 0 heterocycles. The summed E-state index contributed by atoms with van der Waals surface area (Å²) in [5, 5.41) is 19.9. The molecule has 21 heavy (non-hydrogen) atoms. The minimum Gasteiger partial charge on any atom is -0.396 e. The number of fused-ring (bicyclic) bond motifs is 3. The molecule has 3 aliphatic rings. The summed E-state index contributed by atoms with van der Waals surface area (Å²) in [6, 6.07) is 0. The second-order valence-electron chi connectivity index (χ2n) is 8.66. The standard InChI is InChI=1S/C19H34O2/c1-4-18(2)13(10-12-20)5-6-14-15-7-8-17(21)19(15,3)11-9-16(14)18/h13-17,20-21H,4-12H2,1-3H3. The van der Waals surface area contributed by atoms with Crippen LogP contribution in [0.15, 0.2) is 0 Å². The van der Waals surface area contributed by atoms with Crippen LogP contribution < -0.4 is 0 Å². The second-order valence-corrected chi connectivity index (χ2v) is 8.66. The average molecular weight is 294 g/mol. The lowest BCUT2D eigenvalue weighted by molar-refractivity contribution is -0.112. The molecular weight excluding hydrogens is 260 g/mol. The minimum absolute atomic E-state index is 0.0634. The highest BCUT2D eigenvalue weighted by atomic mass is 16.3. The summed E-state index contributed by atoms with van der Waals surface area (Å²) in [4.78, 5) is 0. The van der Waals surface area contributed by atoms with Crippen molar-refractivity contribution < 1.29 is 10.2 Å². The lowest BCUT2D eigenvalue weighted by atomic mass is 9.47. The van der Waals surface area contributed by atoms with Crippen LogP contribution in [0, 0.1) is 34.5 Å². The van der Waals surface area contributed by atoms with Crippen molar-refractivity contribution in [3.05, 3.63) is 0 Å². The topological polar surface area (TPSA) is 40.5 Å². The van der Waals surface area contributed by atoms with E-state index in [0.29, 0.717) is 17.9 Å². The zero-order chi connectivity index (χ0) is 15.3. The van der Waals surface area contributed by atoms with E-state index in [0.717, 1.165) is 30.6 Å². The quantitative estimate of drug-likeness (QED) is 0.826. The van der Waals surface area contributed by atoms with Gasteiger partial charge in [0, 0.05) is 6.61 Å². The van der Waals surface area contributed by atoms with Crippen LogP contribution in [0.4, 0.5) is 0 Å².